The molecule has 2 aliphatic heterocycles. The number of hydrogen-bond acceptors (Lipinski definition) is 5. The highest BCUT2D eigenvalue weighted by Crippen LogP contribution is 2.20. The predicted molar refractivity (Wildman–Crippen MR) is 93.3 cm³/mol. The first-order chi connectivity index (χ1) is 11.5. The molecule has 2 fully saturated rings. The lowest BCUT2D eigenvalue weighted by molar-refractivity contribution is -0.144. The molecular weight excluding hydrogens is 306 g/mol. The highest BCUT2D eigenvalue weighted by molar-refractivity contribution is 5.78. The number of rotatable bonds is 3. The maximum Gasteiger partial charge on any atom is 0.236 e. The van der Waals surface area contributed by atoms with Crippen LogP contribution in [-0.4, -0.2) is 78.8 Å². The van der Waals surface area contributed by atoms with E-state index < -0.39 is 0 Å². The Balaban J connectivity index is 1.48. The van der Waals surface area contributed by atoms with Crippen molar-refractivity contribution < 1.29 is 14.6 Å². The van der Waals surface area contributed by atoms with Gasteiger partial charge in [-0.2, -0.15) is 0 Å². The van der Waals surface area contributed by atoms with Gasteiger partial charge in [-0.3, -0.25) is 9.69 Å². The Hall–Kier alpha value is -1.79. The zero-order valence-corrected chi connectivity index (χ0v) is 14.5. The van der Waals surface area contributed by atoms with Gasteiger partial charge >= 0.3 is 0 Å². The SMILES string of the molecule is C[C@@H]1CN(C(=O)CN2CCN(c3ccc(O)cc3)CC2)C[C@H](C)O1. The summed E-state index contributed by atoms with van der Waals surface area (Å²) in [5.41, 5.74) is 1.12. The van der Waals surface area contributed by atoms with E-state index in [9.17, 15) is 9.90 Å². The van der Waals surface area contributed by atoms with Crippen molar-refractivity contribution in [1.82, 2.24) is 9.80 Å². The van der Waals surface area contributed by atoms with Crippen LogP contribution in [0.3, 0.4) is 0 Å². The maximum atomic E-state index is 12.5. The summed E-state index contributed by atoms with van der Waals surface area (Å²) in [6, 6.07) is 7.30. The van der Waals surface area contributed by atoms with Gasteiger partial charge in [0.05, 0.1) is 18.8 Å². The van der Waals surface area contributed by atoms with Crippen molar-refractivity contribution in [3.63, 3.8) is 0 Å². The first kappa shape index (κ1) is 17.0. The Morgan fingerprint density at radius 2 is 1.67 bits per heavy atom. The van der Waals surface area contributed by atoms with Crippen LogP contribution < -0.4 is 4.90 Å². The average Bonchev–Trinajstić information content (AvgIpc) is 2.55. The molecule has 1 N–H and O–H groups in total. The van der Waals surface area contributed by atoms with Gasteiger partial charge in [-0.05, 0) is 38.1 Å². The third kappa shape index (κ3) is 4.19. The van der Waals surface area contributed by atoms with E-state index in [1.54, 1.807) is 12.1 Å². The summed E-state index contributed by atoms with van der Waals surface area (Å²) in [5.74, 6) is 0.493. The molecule has 0 unspecified atom stereocenters. The smallest absolute Gasteiger partial charge is 0.236 e. The zero-order chi connectivity index (χ0) is 17.1. The van der Waals surface area contributed by atoms with Crippen molar-refractivity contribution >= 4 is 11.6 Å². The number of carbonyl (C=O) groups excluding carboxylic acids is 1. The van der Waals surface area contributed by atoms with Crippen molar-refractivity contribution in [3.8, 4) is 5.75 Å². The van der Waals surface area contributed by atoms with Gasteiger partial charge in [0.2, 0.25) is 5.91 Å². The van der Waals surface area contributed by atoms with Gasteiger partial charge in [0.25, 0.3) is 0 Å². The fourth-order valence-corrected chi connectivity index (χ4v) is 3.50. The van der Waals surface area contributed by atoms with Gasteiger partial charge in [-0.15, -0.1) is 0 Å². The fraction of sp³-hybridized carbons (Fsp3) is 0.611. The Bertz CT molecular complexity index is 545. The highest BCUT2D eigenvalue weighted by Gasteiger charge is 2.27. The molecule has 6 heteroatoms. The standard InChI is InChI=1S/C18H27N3O3/c1-14-11-21(12-15(2)24-14)18(23)13-19-7-9-20(10-8-19)16-3-5-17(22)6-4-16/h3-6,14-15,22H,7-13H2,1-2H3/t14-,15+. The topological polar surface area (TPSA) is 56.3 Å². The molecule has 2 aliphatic rings. The van der Waals surface area contributed by atoms with E-state index in [-0.39, 0.29) is 23.9 Å². The summed E-state index contributed by atoms with van der Waals surface area (Å²) in [5, 5.41) is 9.38. The van der Waals surface area contributed by atoms with Crippen LogP contribution >= 0.6 is 0 Å². The third-order valence-corrected chi connectivity index (χ3v) is 4.72. The molecule has 0 aromatic heterocycles. The number of ether oxygens (including phenoxy) is 1. The summed E-state index contributed by atoms with van der Waals surface area (Å²) < 4.78 is 5.70. The molecule has 0 aliphatic carbocycles. The second kappa shape index (κ2) is 7.40. The molecular formula is C18H27N3O3. The minimum absolute atomic E-state index is 0.115. The van der Waals surface area contributed by atoms with Crippen LogP contribution in [0.4, 0.5) is 5.69 Å². The lowest BCUT2D eigenvalue weighted by Crippen LogP contribution is -2.53. The van der Waals surface area contributed by atoms with Crippen LogP contribution in [0.2, 0.25) is 0 Å². The molecule has 0 spiro atoms. The number of hydrogen-bond donors (Lipinski definition) is 1. The van der Waals surface area contributed by atoms with Gasteiger partial charge < -0.3 is 19.6 Å². The normalized spacial score (nSPS) is 25.8. The minimum Gasteiger partial charge on any atom is -0.508 e. The Morgan fingerprint density at radius 1 is 1.08 bits per heavy atom. The number of carbonyl (C=O) groups is 1. The van der Waals surface area contributed by atoms with E-state index in [0.29, 0.717) is 19.6 Å². The number of amides is 1. The molecule has 6 nitrogen and oxygen atoms in total. The molecule has 132 valence electrons. The van der Waals surface area contributed by atoms with Crippen molar-refractivity contribution in [3.05, 3.63) is 24.3 Å². The first-order valence-electron chi connectivity index (χ1n) is 8.71. The first-order valence-corrected chi connectivity index (χ1v) is 8.71. The van der Waals surface area contributed by atoms with Crippen LogP contribution in [0.5, 0.6) is 5.75 Å². The summed E-state index contributed by atoms with van der Waals surface area (Å²) in [6.07, 6.45) is 0.230. The number of phenols is 1. The number of aromatic hydroxyl groups is 1. The summed E-state index contributed by atoms with van der Waals surface area (Å²) in [4.78, 5) is 19.0. The van der Waals surface area contributed by atoms with Gasteiger partial charge in [-0.25, -0.2) is 0 Å². The molecule has 0 bridgehead atoms. The largest absolute Gasteiger partial charge is 0.508 e. The van der Waals surface area contributed by atoms with Crippen molar-refractivity contribution in [2.45, 2.75) is 26.1 Å². The summed E-state index contributed by atoms with van der Waals surface area (Å²) >= 11 is 0. The van der Waals surface area contributed by atoms with Crippen molar-refractivity contribution in [2.75, 3.05) is 50.7 Å². The maximum absolute atomic E-state index is 12.5. The molecule has 1 aromatic carbocycles. The van der Waals surface area contributed by atoms with Crippen molar-refractivity contribution in [1.29, 1.82) is 0 Å². The molecule has 0 radical (unpaired) electrons. The third-order valence-electron chi connectivity index (χ3n) is 4.72. The number of piperazine rings is 1. The van der Waals surface area contributed by atoms with Gasteiger partial charge in [0.1, 0.15) is 5.75 Å². The van der Waals surface area contributed by atoms with Crippen LogP contribution in [-0.2, 0) is 9.53 Å². The minimum atomic E-state index is 0.115. The Labute approximate surface area is 143 Å². The molecule has 2 atom stereocenters. The number of morpholine rings is 1. The molecule has 1 aromatic rings. The second-order valence-electron chi connectivity index (χ2n) is 6.84. The molecule has 1 amide bonds. The molecule has 2 saturated heterocycles. The van der Waals surface area contributed by atoms with Crippen LogP contribution in [0.25, 0.3) is 0 Å². The number of nitrogens with zero attached hydrogens (tertiary/aromatic N) is 3. The van der Waals surface area contributed by atoms with Crippen LogP contribution in [0.15, 0.2) is 24.3 Å². The van der Waals surface area contributed by atoms with E-state index in [1.807, 2.05) is 30.9 Å². The van der Waals surface area contributed by atoms with E-state index >= 15 is 0 Å². The fourth-order valence-electron chi connectivity index (χ4n) is 3.50. The van der Waals surface area contributed by atoms with Gasteiger partial charge in [-0.1, -0.05) is 0 Å². The summed E-state index contributed by atoms with van der Waals surface area (Å²) in [7, 11) is 0. The molecule has 2 heterocycles. The predicted octanol–water partition coefficient (Wildman–Crippen LogP) is 1.15. The zero-order valence-electron chi connectivity index (χ0n) is 14.5. The highest BCUT2D eigenvalue weighted by atomic mass is 16.5. The quantitative estimate of drug-likeness (QED) is 0.899. The van der Waals surface area contributed by atoms with Gasteiger partial charge in [0, 0.05) is 45.0 Å². The lowest BCUT2D eigenvalue weighted by atomic mass is 10.2. The second-order valence-corrected chi connectivity index (χ2v) is 6.84. The van der Waals surface area contributed by atoms with Crippen LogP contribution in [0.1, 0.15) is 13.8 Å². The van der Waals surface area contributed by atoms with Crippen LogP contribution in [0, 0.1) is 0 Å². The van der Waals surface area contributed by atoms with E-state index in [0.717, 1.165) is 31.9 Å². The van der Waals surface area contributed by atoms with Gasteiger partial charge in [0.15, 0.2) is 0 Å². The van der Waals surface area contributed by atoms with E-state index in [1.165, 1.54) is 0 Å². The number of phenolic OH excluding ortho intramolecular Hbond substituents is 1. The summed E-state index contributed by atoms with van der Waals surface area (Å²) in [6.45, 7) is 9.46. The monoisotopic (exact) mass is 333 g/mol. The molecule has 24 heavy (non-hydrogen) atoms. The Morgan fingerprint density at radius 3 is 2.25 bits per heavy atom. The number of benzene rings is 1. The molecule has 0 saturated carbocycles. The number of anilines is 1. The lowest BCUT2D eigenvalue weighted by Gasteiger charge is -2.39. The average molecular weight is 333 g/mol. The van der Waals surface area contributed by atoms with E-state index in [2.05, 4.69) is 9.80 Å². The molecule has 3 rings (SSSR count). The van der Waals surface area contributed by atoms with E-state index in [4.69, 9.17) is 4.74 Å². The Kier molecular flexibility index (Phi) is 5.26. The van der Waals surface area contributed by atoms with Crippen molar-refractivity contribution in [2.24, 2.45) is 0 Å².